The molecule has 0 radical (unpaired) electrons. The predicted molar refractivity (Wildman–Crippen MR) is 69.0 cm³/mol. The Morgan fingerprint density at radius 1 is 1.25 bits per heavy atom. The zero-order chi connectivity index (χ0) is 12.5. The lowest BCUT2D eigenvalue weighted by molar-refractivity contribution is -0.123. The average Bonchev–Trinajstić information content (AvgIpc) is 2.17. The maximum Gasteiger partial charge on any atom is 0.229 e. The number of amides is 1. The van der Waals surface area contributed by atoms with Crippen LogP contribution in [0.1, 0.15) is 31.9 Å². The van der Waals surface area contributed by atoms with Crippen LogP contribution in [-0.2, 0) is 4.79 Å². The number of nitrogens with one attached hydrogen (secondary N) is 1. The number of hydrogen-bond acceptors (Lipinski definition) is 1. The van der Waals surface area contributed by atoms with Gasteiger partial charge in [0.15, 0.2) is 0 Å². The highest BCUT2D eigenvalue weighted by atomic mass is 35.5. The lowest BCUT2D eigenvalue weighted by Gasteiger charge is -2.20. The Kier molecular flexibility index (Phi) is 3.64. The average molecular weight is 240 g/mol. The predicted octanol–water partition coefficient (Wildman–Crippen LogP) is 3.94. The van der Waals surface area contributed by atoms with Crippen LogP contribution in [0.4, 0.5) is 5.69 Å². The second-order valence-electron chi connectivity index (χ2n) is 5.07. The van der Waals surface area contributed by atoms with Gasteiger partial charge in [0.25, 0.3) is 0 Å². The Morgan fingerprint density at radius 3 is 2.31 bits per heavy atom. The highest BCUT2D eigenvalue weighted by Gasteiger charge is 2.22. The molecule has 1 aromatic rings. The minimum atomic E-state index is -0.417. The van der Waals surface area contributed by atoms with E-state index in [1.54, 1.807) is 0 Å². The third-order valence-electron chi connectivity index (χ3n) is 2.60. The van der Waals surface area contributed by atoms with E-state index in [0.29, 0.717) is 5.02 Å². The summed E-state index contributed by atoms with van der Waals surface area (Å²) in [7, 11) is 0. The molecule has 88 valence electrons. The van der Waals surface area contributed by atoms with Crippen molar-refractivity contribution in [2.45, 2.75) is 34.6 Å². The quantitative estimate of drug-likeness (QED) is 0.790. The molecule has 1 N–H and O–H groups in total. The molecular formula is C13H18ClNO. The Bertz CT molecular complexity index is 419. The monoisotopic (exact) mass is 239 g/mol. The molecule has 0 fully saturated rings. The van der Waals surface area contributed by atoms with E-state index in [1.807, 2.05) is 46.8 Å². The van der Waals surface area contributed by atoms with Crippen molar-refractivity contribution < 1.29 is 4.79 Å². The van der Waals surface area contributed by atoms with Crippen LogP contribution in [0.3, 0.4) is 0 Å². The summed E-state index contributed by atoms with van der Waals surface area (Å²) in [5.74, 6) is -0.0249. The van der Waals surface area contributed by atoms with E-state index in [4.69, 9.17) is 11.6 Å². The fourth-order valence-corrected chi connectivity index (χ4v) is 1.49. The van der Waals surface area contributed by atoms with Gasteiger partial charge in [-0.25, -0.2) is 0 Å². The summed E-state index contributed by atoms with van der Waals surface area (Å²) >= 11 is 6.08. The van der Waals surface area contributed by atoms with Crippen molar-refractivity contribution in [2.24, 2.45) is 5.41 Å². The molecule has 0 saturated heterocycles. The first-order chi connectivity index (χ1) is 7.23. The van der Waals surface area contributed by atoms with Crippen LogP contribution in [0.2, 0.25) is 5.02 Å². The van der Waals surface area contributed by atoms with Crippen molar-refractivity contribution in [2.75, 3.05) is 5.32 Å². The second kappa shape index (κ2) is 4.46. The van der Waals surface area contributed by atoms with Crippen molar-refractivity contribution in [3.63, 3.8) is 0 Å². The number of benzene rings is 1. The van der Waals surface area contributed by atoms with Gasteiger partial charge in [-0.2, -0.15) is 0 Å². The number of hydrogen-bond donors (Lipinski definition) is 1. The Morgan fingerprint density at radius 2 is 1.81 bits per heavy atom. The molecule has 0 spiro atoms. The minimum Gasteiger partial charge on any atom is -0.324 e. The highest BCUT2D eigenvalue weighted by molar-refractivity contribution is 6.34. The maximum absolute atomic E-state index is 11.9. The van der Waals surface area contributed by atoms with Crippen molar-refractivity contribution in [1.29, 1.82) is 0 Å². The number of rotatable bonds is 1. The molecule has 0 saturated carbocycles. The molecular weight excluding hydrogens is 222 g/mol. The van der Waals surface area contributed by atoms with Gasteiger partial charge in [0.05, 0.1) is 10.7 Å². The van der Waals surface area contributed by atoms with E-state index >= 15 is 0 Å². The molecule has 1 aromatic carbocycles. The molecule has 0 bridgehead atoms. The third kappa shape index (κ3) is 2.76. The number of anilines is 1. The summed E-state index contributed by atoms with van der Waals surface area (Å²) in [6, 6.07) is 3.76. The Hall–Kier alpha value is -1.02. The molecule has 0 aromatic heterocycles. The number of aryl methyl sites for hydroxylation is 1. The fourth-order valence-electron chi connectivity index (χ4n) is 1.24. The van der Waals surface area contributed by atoms with E-state index in [2.05, 4.69) is 5.32 Å². The van der Waals surface area contributed by atoms with Crippen molar-refractivity contribution in [1.82, 2.24) is 0 Å². The summed E-state index contributed by atoms with van der Waals surface area (Å²) in [5.41, 5.74) is 2.44. The summed E-state index contributed by atoms with van der Waals surface area (Å²) < 4.78 is 0. The number of carbonyl (C=O) groups excluding carboxylic acids is 1. The van der Waals surface area contributed by atoms with Crippen molar-refractivity contribution in [3.05, 3.63) is 28.3 Å². The third-order valence-corrected chi connectivity index (χ3v) is 2.92. The van der Waals surface area contributed by atoms with Gasteiger partial charge in [0.2, 0.25) is 5.91 Å². The molecule has 0 unspecified atom stereocenters. The molecule has 2 nitrogen and oxygen atoms in total. The van der Waals surface area contributed by atoms with E-state index in [9.17, 15) is 4.79 Å². The molecule has 0 aliphatic heterocycles. The van der Waals surface area contributed by atoms with Gasteiger partial charge in [-0.3, -0.25) is 4.79 Å². The first-order valence-corrected chi connectivity index (χ1v) is 5.68. The van der Waals surface area contributed by atoms with Gasteiger partial charge in [0.1, 0.15) is 0 Å². The lowest BCUT2D eigenvalue weighted by Crippen LogP contribution is -2.28. The van der Waals surface area contributed by atoms with E-state index in [0.717, 1.165) is 16.8 Å². The van der Waals surface area contributed by atoms with E-state index in [1.165, 1.54) is 0 Å². The topological polar surface area (TPSA) is 29.1 Å². The van der Waals surface area contributed by atoms with Gasteiger partial charge >= 0.3 is 0 Å². The molecule has 0 atom stereocenters. The molecule has 0 aliphatic rings. The molecule has 1 amide bonds. The van der Waals surface area contributed by atoms with Gasteiger partial charge in [-0.15, -0.1) is 0 Å². The van der Waals surface area contributed by atoms with Gasteiger partial charge in [-0.1, -0.05) is 38.4 Å². The van der Waals surface area contributed by atoms with Crippen LogP contribution in [-0.4, -0.2) is 5.91 Å². The van der Waals surface area contributed by atoms with Crippen LogP contribution >= 0.6 is 11.6 Å². The van der Waals surface area contributed by atoms with Crippen LogP contribution in [0, 0.1) is 19.3 Å². The van der Waals surface area contributed by atoms with Crippen molar-refractivity contribution >= 4 is 23.2 Å². The van der Waals surface area contributed by atoms with Crippen molar-refractivity contribution in [3.8, 4) is 0 Å². The summed E-state index contributed by atoms with van der Waals surface area (Å²) in [6.45, 7) is 9.59. The SMILES string of the molecule is Cc1ccc(Cl)c(NC(=O)C(C)(C)C)c1C. The van der Waals surface area contributed by atoms with Crippen LogP contribution < -0.4 is 5.32 Å². The molecule has 1 rings (SSSR count). The van der Waals surface area contributed by atoms with Gasteiger partial charge < -0.3 is 5.32 Å². The summed E-state index contributed by atoms with van der Waals surface area (Å²) in [5, 5.41) is 3.47. The van der Waals surface area contributed by atoms with E-state index < -0.39 is 5.41 Å². The Labute approximate surface area is 102 Å². The zero-order valence-corrected chi connectivity index (χ0v) is 11.2. The largest absolute Gasteiger partial charge is 0.324 e. The van der Waals surface area contributed by atoms with Crippen LogP contribution in [0.15, 0.2) is 12.1 Å². The molecule has 16 heavy (non-hydrogen) atoms. The Balaban J connectivity index is 3.07. The molecule has 0 aliphatic carbocycles. The number of halogens is 1. The standard InChI is InChI=1S/C13H18ClNO/c1-8-6-7-10(14)11(9(8)2)15-12(16)13(3,4)5/h6-7H,1-5H3,(H,15,16). The first kappa shape index (κ1) is 13.0. The molecule has 3 heteroatoms. The van der Waals surface area contributed by atoms with E-state index in [-0.39, 0.29) is 5.91 Å². The summed E-state index contributed by atoms with van der Waals surface area (Å²) in [4.78, 5) is 11.9. The zero-order valence-electron chi connectivity index (χ0n) is 10.4. The number of carbonyl (C=O) groups is 1. The minimum absolute atomic E-state index is 0.0249. The fraction of sp³-hybridized carbons (Fsp3) is 0.462. The maximum atomic E-state index is 11.9. The summed E-state index contributed by atoms with van der Waals surface area (Å²) in [6.07, 6.45) is 0. The van der Waals surface area contributed by atoms with Crippen LogP contribution in [0.25, 0.3) is 0 Å². The highest BCUT2D eigenvalue weighted by Crippen LogP contribution is 2.29. The normalized spacial score (nSPS) is 11.4. The smallest absolute Gasteiger partial charge is 0.229 e. The van der Waals surface area contributed by atoms with Crippen LogP contribution in [0.5, 0.6) is 0 Å². The van der Waals surface area contributed by atoms with Gasteiger partial charge in [-0.05, 0) is 31.0 Å². The lowest BCUT2D eigenvalue weighted by atomic mass is 9.95. The van der Waals surface area contributed by atoms with Gasteiger partial charge in [0, 0.05) is 5.41 Å². The molecule has 0 heterocycles. The first-order valence-electron chi connectivity index (χ1n) is 5.30. The second-order valence-corrected chi connectivity index (χ2v) is 5.48.